The van der Waals surface area contributed by atoms with Crippen LogP contribution in [0, 0.1) is 6.92 Å². The summed E-state index contributed by atoms with van der Waals surface area (Å²) in [5, 5.41) is 3.17. The number of aryl methyl sites for hydroxylation is 1. The molecule has 0 aliphatic heterocycles. The van der Waals surface area contributed by atoms with Crippen molar-refractivity contribution < 1.29 is 0 Å². The summed E-state index contributed by atoms with van der Waals surface area (Å²) in [6, 6.07) is 8.30. The smallest absolute Gasteiger partial charge is 0.132 e. The molecular weight excluding hydrogens is 232 g/mol. The first-order valence-electron chi connectivity index (χ1n) is 6.40. The van der Waals surface area contributed by atoms with Crippen LogP contribution in [0.1, 0.15) is 31.9 Å². The van der Waals surface area contributed by atoms with Crippen LogP contribution >= 0.6 is 0 Å². The van der Waals surface area contributed by atoms with Crippen molar-refractivity contribution in [3.05, 3.63) is 65.1 Å². The Balaban J connectivity index is 3.00. The van der Waals surface area contributed by atoms with Crippen LogP contribution in [-0.2, 0) is 0 Å². The van der Waals surface area contributed by atoms with Gasteiger partial charge in [-0.2, -0.15) is 0 Å². The van der Waals surface area contributed by atoms with Crippen molar-refractivity contribution in [2.75, 3.05) is 0 Å². The van der Waals surface area contributed by atoms with E-state index in [-0.39, 0.29) is 0 Å². The Kier molecular flexibility index (Phi) is 5.80. The number of hydrogen-bond donors (Lipinski definition) is 1. The Morgan fingerprint density at radius 3 is 2.53 bits per heavy atom. The van der Waals surface area contributed by atoms with Crippen molar-refractivity contribution >= 4 is 12.3 Å². The van der Waals surface area contributed by atoms with Gasteiger partial charge in [0, 0.05) is 11.9 Å². The number of benzene rings is 1. The zero-order valence-corrected chi connectivity index (χ0v) is 12.2. The molecule has 1 N–H and O–H groups in total. The third-order valence-corrected chi connectivity index (χ3v) is 2.66. The van der Waals surface area contributed by atoms with E-state index in [4.69, 9.17) is 0 Å². The van der Waals surface area contributed by atoms with Crippen LogP contribution < -0.4 is 5.32 Å². The van der Waals surface area contributed by atoms with E-state index in [9.17, 15) is 0 Å². The zero-order valence-electron chi connectivity index (χ0n) is 12.2. The van der Waals surface area contributed by atoms with Gasteiger partial charge in [-0.15, -0.1) is 0 Å². The van der Waals surface area contributed by atoms with Gasteiger partial charge in [0.05, 0.1) is 0 Å². The fourth-order valence-electron chi connectivity index (χ4n) is 1.63. The normalized spacial score (nSPS) is 12.8. The van der Waals surface area contributed by atoms with Crippen molar-refractivity contribution in [3.63, 3.8) is 0 Å². The third kappa shape index (κ3) is 4.96. The molecule has 0 aliphatic rings. The van der Waals surface area contributed by atoms with Gasteiger partial charge in [0.2, 0.25) is 0 Å². The highest BCUT2D eigenvalue weighted by atomic mass is 15.0. The summed E-state index contributed by atoms with van der Waals surface area (Å²) in [5.74, 6) is 0.833. The number of nitrogens with zero attached hydrogens (tertiary/aromatic N) is 1. The minimum atomic E-state index is 0.833. The molecule has 0 fully saturated rings. The first-order chi connectivity index (χ1) is 9.04. The Morgan fingerprint density at radius 1 is 1.26 bits per heavy atom. The molecule has 1 aromatic carbocycles. The standard InChI is InChI=1S/C17H22N2/c1-6-18-17(19-13(2)3)15(5)11-12-16-10-8-7-9-14(16)4/h6-12,19H,2H2,1,3-5H3/b12-11+,17-15+,18-6?. The predicted molar refractivity (Wildman–Crippen MR) is 85.0 cm³/mol. The number of hydrogen-bond acceptors (Lipinski definition) is 2. The molecule has 2 nitrogen and oxygen atoms in total. The lowest BCUT2D eigenvalue weighted by molar-refractivity contribution is 0.937. The fraction of sp³-hybridized carbons (Fsp3) is 0.235. The van der Waals surface area contributed by atoms with E-state index >= 15 is 0 Å². The summed E-state index contributed by atoms with van der Waals surface area (Å²) >= 11 is 0. The van der Waals surface area contributed by atoms with Crippen molar-refractivity contribution in [1.29, 1.82) is 0 Å². The number of aliphatic imine (C=N–C) groups is 1. The van der Waals surface area contributed by atoms with Crippen LogP contribution in [0.4, 0.5) is 0 Å². The van der Waals surface area contributed by atoms with E-state index in [1.807, 2.05) is 32.9 Å². The Bertz CT molecular complexity index is 534. The van der Waals surface area contributed by atoms with Crippen LogP contribution in [0.3, 0.4) is 0 Å². The summed E-state index contributed by atoms with van der Waals surface area (Å²) in [6.45, 7) is 11.8. The second-order valence-corrected chi connectivity index (χ2v) is 4.51. The highest BCUT2D eigenvalue weighted by molar-refractivity contribution is 5.58. The highest BCUT2D eigenvalue weighted by Gasteiger charge is 1.98. The molecule has 0 aliphatic carbocycles. The van der Waals surface area contributed by atoms with E-state index < -0.39 is 0 Å². The van der Waals surface area contributed by atoms with Crippen LogP contribution in [0.25, 0.3) is 6.08 Å². The molecule has 1 aromatic rings. The monoisotopic (exact) mass is 254 g/mol. The number of nitrogens with one attached hydrogen (secondary N) is 1. The molecule has 0 amide bonds. The van der Waals surface area contributed by atoms with Crippen molar-refractivity contribution in [2.45, 2.75) is 27.7 Å². The lowest BCUT2D eigenvalue weighted by atomic mass is 10.1. The van der Waals surface area contributed by atoms with Gasteiger partial charge in [0.1, 0.15) is 5.82 Å². The Morgan fingerprint density at radius 2 is 1.95 bits per heavy atom. The molecule has 19 heavy (non-hydrogen) atoms. The molecule has 0 heterocycles. The second kappa shape index (κ2) is 7.37. The van der Waals surface area contributed by atoms with E-state index in [0.29, 0.717) is 0 Å². The lowest BCUT2D eigenvalue weighted by Gasteiger charge is -2.08. The highest BCUT2D eigenvalue weighted by Crippen LogP contribution is 2.12. The summed E-state index contributed by atoms with van der Waals surface area (Å²) in [5.41, 5.74) is 4.44. The number of allylic oxidation sites excluding steroid dienone is 3. The van der Waals surface area contributed by atoms with Crippen LogP contribution in [0.2, 0.25) is 0 Å². The van der Waals surface area contributed by atoms with Crippen LogP contribution in [-0.4, -0.2) is 6.21 Å². The second-order valence-electron chi connectivity index (χ2n) is 4.51. The molecule has 0 unspecified atom stereocenters. The van der Waals surface area contributed by atoms with Crippen LogP contribution in [0.15, 0.2) is 59.0 Å². The minimum absolute atomic E-state index is 0.833. The molecule has 1 rings (SSSR count). The molecule has 2 heteroatoms. The summed E-state index contributed by atoms with van der Waals surface area (Å²) in [6.07, 6.45) is 5.95. The minimum Gasteiger partial charge on any atom is -0.344 e. The first-order valence-corrected chi connectivity index (χ1v) is 6.40. The van der Waals surface area contributed by atoms with Gasteiger partial charge in [-0.1, -0.05) is 43.0 Å². The van der Waals surface area contributed by atoms with Gasteiger partial charge in [-0.3, -0.25) is 0 Å². The molecule has 100 valence electrons. The Labute approximate surface area is 116 Å². The molecule has 0 saturated heterocycles. The topological polar surface area (TPSA) is 24.4 Å². The number of rotatable bonds is 5. The summed E-state index contributed by atoms with van der Waals surface area (Å²) in [7, 11) is 0. The van der Waals surface area contributed by atoms with Crippen LogP contribution in [0.5, 0.6) is 0 Å². The van der Waals surface area contributed by atoms with Crippen molar-refractivity contribution in [3.8, 4) is 0 Å². The van der Waals surface area contributed by atoms with Gasteiger partial charge < -0.3 is 5.32 Å². The Hall–Kier alpha value is -2.09. The quantitative estimate of drug-likeness (QED) is 0.609. The SMILES string of the molecule is C=C(C)N/C(N=CC)=C(C)/C=C/c1ccccc1C. The molecule has 0 radical (unpaired) electrons. The predicted octanol–water partition coefficient (Wildman–Crippen LogP) is 4.45. The first kappa shape index (κ1) is 15.0. The zero-order chi connectivity index (χ0) is 14.3. The molecule has 0 bridgehead atoms. The summed E-state index contributed by atoms with van der Waals surface area (Å²) in [4.78, 5) is 4.33. The van der Waals surface area contributed by atoms with Gasteiger partial charge in [0.15, 0.2) is 0 Å². The maximum atomic E-state index is 4.33. The maximum Gasteiger partial charge on any atom is 0.132 e. The average Bonchev–Trinajstić information content (AvgIpc) is 2.36. The lowest BCUT2D eigenvalue weighted by Crippen LogP contribution is -2.09. The van der Waals surface area contributed by atoms with E-state index in [1.165, 1.54) is 11.1 Å². The van der Waals surface area contributed by atoms with Gasteiger partial charge in [0.25, 0.3) is 0 Å². The van der Waals surface area contributed by atoms with E-state index in [2.05, 4.69) is 48.1 Å². The van der Waals surface area contributed by atoms with Gasteiger partial charge in [-0.05, 0) is 44.4 Å². The van der Waals surface area contributed by atoms with Gasteiger partial charge in [-0.25, -0.2) is 4.99 Å². The fourth-order valence-corrected chi connectivity index (χ4v) is 1.63. The largest absolute Gasteiger partial charge is 0.344 e. The maximum absolute atomic E-state index is 4.33. The molecule has 0 saturated carbocycles. The average molecular weight is 254 g/mol. The van der Waals surface area contributed by atoms with E-state index in [1.54, 1.807) is 6.21 Å². The van der Waals surface area contributed by atoms with E-state index in [0.717, 1.165) is 17.1 Å². The molecular formula is C17H22N2. The molecule has 0 aromatic heterocycles. The van der Waals surface area contributed by atoms with Crippen molar-refractivity contribution in [2.24, 2.45) is 4.99 Å². The molecule has 0 spiro atoms. The summed E-state index contributed by atoms with van der Waals surface area (Å²) < 4.78 is 0. The third-order valence-electron chi connectivity index (χ3n) is 2.66. The van der Waals surface area contributed by atoms with Gasteiger partial charge >= 0.3 is 0 Å². The molecule has 0 atom stereocenters. The van der Waals surface area contributed by atoms with Crippen molar-refractivity contribution in [1.82, 2.24) is 5.32 Å².